The van der Waals surface area contributed by atoms with Gasteiger partial charge in [-0.1, -0.05) is 0 Å². The quantitative estimate of drug-likeness (QED) is 0.444. The van der Waals surface area contributed by atoms with Crippen LogP contribution in [-0.4, -0.2) is 23.7 Å². The van der Waals surface area contributed by atoms with Crippen LogP contribution in [0.2, 0.25) is 0 Å². The monoisotopic (exact) mass is 195 g/mol. The standard InChI is InChI=1S/C9H8O5/c10-5-1-2-6-3-4-7(8(11)12)14-9(6)13/h1-5,9,13H,(H,11,12)/p-1/b2-1+. The van der Waals surface area contributed by atoms with Crippen LogP contribution in [0.15, 0.2) is 35.6 Å². The lowest BCUT2D eigenvalue weighted by Gasteiger charge is -2.20. The first-order valence-corrected chi connectivity index (χ1v) is 3.75. The highest BCUT2D eigenvalue weighted by atomic mass is 16.6. The van der Waals surface area contributed by atoms with Crippen LogP contribution in [0.5, 0.6) is 0 Å². The molecule has 0 aromatic heterocycles. The van der Waals surface area contributed by atoms with Crippen LogP contribution < -0.4 is 5.11 Å². The van der Waals surface area contributed by atoms with Gasteiger partial charge in [0, 0.05) is 5.57 Å². The summed E-state index contributed by atoms with van der Waals surface area (Å²) < 4.78 is 4.58. The van der Waals surface area contributed by atoms with Crippen LogP contribution in [-0.2, 0) is 14.3 Å². The first-order chi connectivity index (χ1) is 6.65. The van der Waals surface area contributed by atoms with Crippen molar-refractivity contribution in [3.05, 3.63) is 35.6 Å². The number of allylic oxidation sites excluding steroid dienone is 3. The van der Waals surface area contributed by atoms with Gasteiger partial charge in [-0.25, -0.2) is 0 Å². The molecular formula is C9H7O5-. The number of carbonyl (C=O) groups excluding carboxylic acids is 2. The largest absolute Gasteiger partial charge is 0.542 e. The highest BCUT2D eigenvalue weighted by Crippen LogP contribution is 2.16. The molecule has 5 nitrogen and oxygen atoms in total. The van der Waals surface area contributed by atoms with Crippen molar-refractivity contribution in [2.45, 2.75) is 6.29 Å². The van der Waals surface area contributed by atoms with Gasteiger partial charge in [-0.15, -0.1) is 0 Å². The first-order valence-electron chi connectivity index (χ1n) is 3.75. The van der Waals surface area contributed by atoms with Gasteiger partial charge in [0.15, 0.2) is 0 Å². The molecule has 74 valence electrons. The summed E-state index contributed by atoms with van der Waals surface area (Å²) in [5, 5.41) is 19.5. The van der Waals surface area contributed by atoms with Crippen molar-refractivity contribution in [2.75, 3.05) is 0 Å². The van der Waals surface area contributed by atoms with Crippen LogP contribution in [0.25, 0.3) is 0 Å². The zero-order valence-corrected chi connectivity index (χ0v) is 7.04. The van der Waals surface area contributed by atoms with E-state index >= 15 is 0 Å². The van der Waals surface area contributed by atoms with E-state index in [9.17, 15) is 19.8 Å². The third-order valence-electron chi connectivity index (χ3n) is 1.52. The molecule has 1 atom stereocenters. The maximum Gasteiger partial charge on any atom is 0.224 e. The van der Waals surface area contributed by atoms with Crippen molar-refractivity contribution in [1.29, 1.82) is 0 Å². The zero-order valence-electron chi connectivity index (χ0n) is 7.04. The van der Waals surface area contributed by atoms with E-state index in [0.717, 1.165) is 12.2 Å². The van der Waals surface area contributed by atoms with Gasteiger partial charge >= 0.3 is 0 Å². The molecule has 1 heterocycles. The Morgan fingerprint density at radius 2 is 2.29 bits per heavy atom. The number of hydrogen-bond acceptors (Lipinski definition) is 5. The average molecular weight is 195 g/mol. The molecule has 0 spiro atoms. The molecule has 0 fully saturated rings. The summed E-state index contributed by atoms with van der Waals surface area (Å²) in [6, 6.07) is 0. The van der Waals surface area contributed by atoms with Gasteiger partial charge in [-0.3, -0.25) is 4.79 Å². The fraction of sp³-hybridized carbons (Fsp3) is 0.111. The van der Waals surface area contributed by atoms with Gasteiger partial charge in [0.25, 0.3) is 0 Å². The Kier molecular flexibility index (Phi) is 3.19. The number of hydrogen-bond donors (Lipinski definition) is 1. The van der Waals surface area contributed by atoms with Crippen molar-refractivity contribution in [3.63, 3.8) is 0 Å². The van der Waals surface area contributed by atoms with Gasteiger partial charge in [0.05, 0.1) is 0 Å². The van der Waals surface area contributed by atoms with Crippen molar-refractivity contribution in [3.8, 4) is 0 Å². The number of carboxylic acid groups (broad SMARTS) is 1. The molecule has 1 aliphatic heterocycles. The number of ether oxygens (including phenoxy) is 1. The molecule has 1 rings (SSSR count). The van der Waals surface area contributed by atoms with Gasteiger partial charge in [-0.2, -0.15) is 0 Å². The van der Waals surface area contributed by atoms with Crippen LogP contribution in [0.4, 0.5) is 0 Å². The Balaban J connectivity index is 2.84. The molecule has 0 aromatic rings. The molecule has 0 saturated heterocycles. The Morgan fingerprint density at radius 1 is 1.57 bits per heavy atom. The first kappa shape index (κ1) is 10.2. The van der Waals surface area contributed by atoms with Crippen molar-refractivity contribution in [1.82, 2.24) is 0 Å². The van der Waals surface area contributed by atoms with E-state index < -0.39 is 18.0 Å². The average Bonchev–Trinajstić information content (AvgIpc) is 2.15. The lowest BCUT2D eigenvalue weighted by Crippen LogP contribution is -2.30. The minimum atomic E-state index is -1.50. The Hall–Kier alpha value is -1.88. The lowest BCUT2D eigenvalue weighted by atomic mass is 10.2. The molecule has 0 saturated carbocycles. The molecule has 0 aromatic carbocycles. The van der Waals surface area contributed by atoms with E-state index in [1.54, 1.807) is 0 Å². The van der Waals surface area contributed by atoms with Crippen molar-refractivity contribution < 1.29 is 24.5 Å². The maximum atomic E-state index is 10.3. The SMILES string of the molecule is O=C/C=C/C1=CC=C(C(=O)[O-])OC1O. The summed E-state index contributed by atoms with van der Waals surface area (Å²) in [4.78, 5) is 20.3. The number of carboxylic acids is 1. The number of aliphatic hydroxyl groups excluding tert-OH is 1. The van der Waals surface area contributed by atoms with Gasteiger partial charge in [0.2, 0.25) is 6.29 Å². The van der Waals surface area contributed by atoms with E-state index in [2.05, 4.69) is 4.74 Å². The summed E-state index contributed by atoms with van der Waals surface area (Å²) >= 11 is 0. The van der Waals surface area contributed by atoms with Gasteiger partial charge < -0.3 is 19.7 Å². The zero-order chi connectivity index (χ0) is 10.6. The third kappa shape index (κ3) is 2.30. The highest BCUT2D eigenvalue weighted by Gasteiger charge is 2.15. The second kappa shape index (κ2) is 4.38. The molecule has 0 amide bonds. The normalized spacial score (nSPS) is 21.1. The molecular weight excluding hydrogens is 188 g/mol. The molecule has 1 aliphatic rings. The van der Waals surface area contributed by atoms with E-state index in [0.29, 0.717) is 11.9 Å². The molecule has 0 bridgehead atoms. The summed E-state index contributed by atoms with van der Waals surface area (Å²) in [7, 11) is 0. The second-order valence-corrected chi connectivity index (χ2v) is 2.45. The Labute approximate surface area is 79.6 Å². The topological polar surface area (TPSA) is 86.7 Å². The van der Waals surface area contributed by atoms with Crippen molar-refractivity contribution in [2.24, 2.45) is 0 Å². The predicted octanol–water partition coefficient (Wildman–Crippen LogP) is -1.35. The molecule has 1 N–H and O–H groups in total. The van der Waals surface area contributed by atoms with Crippen LogP contribution in [0.1, 0.15) is 0 Å². The maximum absolute atomic E-state index is 10.3. The minimum absolute atomic E-state index is 0.294. The van der Waals surface area contributed by atoms with Gasteiger partial charge in [-0.05, 0) is 24.3 Å². The summed E-state index contributed by atoms with van der Waals surface area (Å²) in [5.74, 6) is -1.94. The fourth-order valence-corrected chi connectivity index (χ4v) is 0.886. The van der Waals surface area contributed by atoms with E-state index in [1.807, 2.05) is 0 Å². The highest BCUT2D eigenvalue weighted by molar-refractivity contribution is 5.83. The van der Waals surface area contributed by atoms with E-state index in [1.165, 1.54) is 12.2 Å². The van der Waals surface area contributed by atoms with Crippen LogP contribution in [0, 0.1) is 0 Å². The second-order valence-electron chi connectivity index (χ2n) is 2.45. The summed E-state index contributed by atoms with van der Waals surface area (Å²) in [5.41, 5.74) is 0.294. The number of carbonyl (C=O) groups is 2. The molecule has 14 heavy (non-hydrogen) atoms. The Bertz CT molecular complexity index is 337. The lowest BCUT2D eigenvalue weighted by molar-refractivity contribution is -0.305. The van der Waals surface area contributed by atoms with Crippen LogP contribution >= 0.6 is 0 Å². The Morgan fingerprint density at radius 3 is 2.79 bits per heavy atom. The number of aliphatic hydroxyl groups is 1. The fourth-order valence-electron chi connectivity index (χ4n) is 0.886. The number of aldehydes is 1. The molecule has 5 heteroatoms. The minimum Gasteiger partial charge on any atom is -0.542 e. The van der Waals surface area contributed by atoms with Crippen molar-refractivity contribution >= 4 is 12.3 Å². The summed E-state index contributed by atoms with van der Waals surface area (Å²) in [6.07, 6.45) is 4.11. The smallest absolute Gasteiger partial charge is 0.224 e. The summed E-state index contributed by atoms with van der Waals surface area (Å²) in [6.45, 7) is 0. The molecule has 0 radical (unpaired) electrons. The third-order valence-corrected chi connectivity index (χ3v) is 1.52. The number of aliphatic carboxylic acids is 1. The van der Waals surface area contributed by atoms with Gasteiger partial charge in [0.1, 0.15) is 18.0 Å². The van der Waals surface area contributed by atoms with E-state index in [4.69, 9.17) is 0 Å². The molecule has 0 aliphatic carbocycles. The molecule has 1 unspecified atom stereocenters. The van der Waals surface area contributed by atoms with Crippen LogP contribution in [0.3, 0.4) is 0 Å². The predicted molar refractivity (Wildman–Crippen MR) is 43.5 cm³/mol. The van der Waals surface area contributed by atoms with E-state index in [-0.39, 0.29) is 0 Å². The number of rotatable bonds is 3.